The van der Waals surface area contributed by atoms with E-state index in [1.54, 1.807) is 0 Å². The van der Waals surface area contributed by atoms with Gasteiger partial charge in [0, 0.05) is 6.42 Å². The Hall–Kier alpha value is -2.51. The molecule has 0 aromatic heterocycles. The molecule has 12 N–H and O–H groups in total. The fraction of sp³-hybridized carbons (Fsp3) is 0.817. The van der Waals surface area contributed by atoms with Crippen molar-refractivity contribution >= 4 is 5.91 Å². The zero-order valence-corrected chi connectivity index (χ0v) is 47.6. The lowest BCUT2D eigenvalue weighted by Gasteiger charge is -2.48. The lowest BCUT2D eigenvalue weighted by Crippen LogP contribution is -2.66. The van der Waals surface area contributed by atoms with Crippen molar-refractivity contribution in [2.75, 3.05) is 26.4 Å². The SMILES string of the molecule is CC/C=C\C/C=C\C/C=C\C/C=C\C/C=C\CCCCCCCCCCCCCCCCCC(=O)NC(COC1OC(CO)C(OC2OC(CO)C(OC3OC(CO)C(O)C(O)C3O)C(O)C2O)C(O)C1O)C(O)CCCCC. The molecule has 3 aliphatic rings. The van der Waals surface area contributed by atoms with Gasteiger partial charge in [-0.05, 0) is 57.8 Å². The summed E-state index contributed by atoms with van der Waals surface area (Å²) in [5.41, 5.74) is 0. The van der Waals surface area contributed by atoms with Gasteiger partial charge in [-0.2, -0.15) is 0 Å². The van der Waals surface area contributed by atoms with Gasteiger partial charge in [-0.1, -0.05) is 177 Å². The van der Waals surface area contributed by atoms with E-state index < -0.39 is 124 Å². The number of allylic oxidation sites excluding steroid dienone is 10. The van der Waals surface area contributed by atoms with Gasteiger partial charge in [-0.3, -0.25) is 4.79 Å². The minimum Gasteiger partial charge on any atom is -0.394 e. The summed E-state index contributed by atoms with van der Waals surface area (Å²) >= 11 is 0. The van der Waals surface area contributed by atoms with Crippen LogP contribution >= 0.6 is 0 Å². The molecule has 3 heterocycles. The fourth-order valence-corrected chi connectivity index (χ4v) is 9.93. The molecule has 0 aromatic carbocycles. The van der Waals surface area contributed by atoms with Crippen LogP contribution in [-0.2, 0) is 33.2 Å². The molecule has 0 aliphatic carbocycles. The van der Waals surface area contributed by atoms with Crippen molar-refractivity contribution in [3.63, 3.8) is 0 Å². The van der Waals surface area contributed by atoms with Crippen molar-refractivity contribution in [3.05, 3.63) is 60.8 Å². The number of carbonyl (C=O) groups is 1. The summed E-state index contributed by atoms with van der Waals surface area (Å²) in [6, 6.07) is -0.884. The second kappa shape index (κ2) is 43.2. The van der Waals surface area contributed by atoms with Crippen molar-refractivity contribution in [2.24, 2.45) is 0 Å². The predicted molar refractivity (Wildman–Crippen MR) is 300 cm³/mol. The molecule has 19 heteroatoms. The van der Waals surface area contributed by atoms with Crippen molar-refractivity contribution in [1.29, 1.82) is 0 Å². The van der Waals surface area contributed by atoms with Gasteiger partial charge in [0.15, 0.2) is 18.9 Å². The van der Waals surface area contributed by atoms with Gasteiger partial charge in [0.2, 0.25) is 5.91 Å². The molecule has 0 spiro atoms. The maximum absolute atomic E-state index is 13.2. The van der Waals surface area contributed by atoms with Crippen molar-refractivity contribution < 1.29 is 89.4 Å². The zero-order chi connectivity index (χ0) is 57.6. The van der Waals surface area contributed by atoms with E-state index in [-0.39, 0.29) is 18.9 Å². The van der Waals surface area contributed by atoms with Crippen molar-refractivity contribution in [3.8, 4) is 0 Å². The lowest BCUT2D eigenvalue weighted by molar-refractivity contribution is -0.379. The quantitative estimate of drug-likeness (QED) is 0.0274. The second-order valence-corrected chi connectivity index (χ2v) is 21.4. The molecule has 0 radical (unpaired) electrons. The fourth-order valence-electron chi connectivity index (χ4n) is 9.93. The number of aliphatic hydroxyl groups excluding tert-OH is 11. The summed E-state index contributed by atoms with van der Waals surface area (Å²) in [5.74, 6) is -0.258. The maximum Gasteiger partial charge on any atom is 0.220 e. The number of aliphatic hydroxyl groups is 11. The molecule has 0 saturated carbocycles. The van der Waals surface area contributed by atoms with Crippen LogP contribution in [0.3, 0.4) is 0 Å². The van der Waals surface area contributed by atoms with Crippen molar-refractivity contribution in [1.82, 2.24) is 5.32 Å². The highest BCUT2D eigenvalue weighted by Gasteiger charge is 2.53. The van der Waals surface area contributed by atoms with E-state index in [1.807, 2.05) is 6.92 Å². The third kappa shape index (κ3) is 27.2. The summed E-state index contributed by atoms with van der Waals surface area (Å²) in [7, 11) is 0. The Balaban J connectivity index is 1.28. The molecular formula is C60H105NO18. The number of amides is 1. The van der Waals surface area contributed by atoms with Crippen LogP contribution in [-0.4, -0.2) is 193 Å². The standard InChI is InChI=1S/C60H105NO18/c1-3-5-7-8-9-10-11-12-13-14-15-16-17-18-19-20-21-22-23-24-25-26-27-28-29-30-31-32-33-34-36-38-48(66)61-43(44(65)37-35-6-4-2)42-74-58-54(72)51(69)56(46(40-63)76-58)79-60-55(73)52(70)57(47(41-64)77-60)78-59-53(71)50(68)49(67)45(39-62)75-59/h5,7,9-10,12-13,15-16,18-19,43-47,49-60,62-65,67-73H,3-4,6,8,11,14,17,20-42H2,1-2H3,(H,61,66)/b7-5-,10-9-,13-12-,16-15-,19-18-. The average Bonchev–Trinajstić information content (AvgIpc) is 3.55. The van der Waals surface area contributed by atoms with Crippen molar-refractivity contribution in [2.45, 2.75) is 285 Å². The third-order valence-electron chi connectivity index (χ3n) is 14.9. The largest absolute Gasteiger partial charge is 0.394 e. The summed E-state index contributed by atoms with van der Waals surface area (Å²) in [4.78, 5) is 13.2. The normalized spacial score (nSPS) is 30.7. The second-order valence-electron chi connectivity index (χ2n) is 21.4. The first-order valence-electron chi connectivity index (χ1n) is 30.0. The van der Waals surface area contributed by atoms with Gasteiger partial charge < -0.3 is 89.9 Å². The van der Waals surface area contributed by atoms with Gasteiger partial charge in [-0.25, -0.2) is 0 Å². The highest BCUT2D eigenvalue weighted by Crippen LogP contribution is 2.33. The molecule has 3 rings (SSSR count). The number of unbranched alkanes of at least 4 members (excludes halogenated alkanes) is 17. The average molecular weight is 1130 g/mol. The Kier molecular flexibility index (Phi) is 38.7. The van der Waals surface area contributed by atoms with E-state index in [1.165, 1.54) is 77.0 Å². The Bertz CT molecular complexity index is 1680. The first kappa shape index (κ1) is 70.8. The number of rotatable bonds is 43. The summed E-state index contributed by atoms with van der Waals surface area (Å²) < 4.78 is 34.0. The molecule has 458 valence electrons. The third-order valence-corrected chi connectivity index (χ3v) is 14.9. The number of nitrogens with one attached hydrogen (secondary N) is 1. The van der Waals surface area contributed by atoms with Gasteiger partial charge in [0.1, 0.15) is 73.2 Å². The van der Waals surface area contributed by atoms with E-state index >= 15 is 0 Å². The predicted octanol–water partition coefficient (Wildman–Crippen LogP) is 5.26. The van der Waals surface area contributed by atoms with Gasteiger partial charge in [0.05, 0.1) is 38.6 Å². The first-order chi connectivity index (χ1) is 38.3. The molecule has 79 heavy (non-hydrogen) atoms. The van der Waals surface area contributed by atoms with E-state index in [2.05, 4.69) is 73.0 Å². The van der Waals surface area contributed by atoms with Crippen LogP contribution in [0.4, 0.5) is 0 Å². The highest BCUT2D eigenvalue weighted by molar-refractivity contribution is 5.76. The molecule has 0 bridgehead atoms. The summed E-state index contributed by atoms with van der Waals surface area (Å²) in [5, 5.41) is 119. The number of hydrogen-bond acceptors (Lipinski definition) is 18. The van der Waals surface area contributed by atoms with Gasteiger partial charge in [-0.15, -0.1) is 0 Å². The number of ether oxygens (including phenoxy) is 6. The van der Waals surface area contributed by atoms with Gasteiger partial charge in [0.25, 0.3) is 0 Å². The van der Waals surface area contributed by atoms with Crippen LogP contribution in [0.2, 0.25) is 0 Å². The molecule has 3 aliphatic heterocycles. The van der Waals surface area contributed by atoms with Crippen LogP contribution < -0.4 is 5.32 Å². The van der Waals surface area contributed by atoms with E-state index in [4.69, 9.17) is 28.4 Å². The lowest BCUT2D eigenvalue weighted by atomic mass is 9.96. The monoisotopic (exact) mass is 1130 g/mol. The Morgan fingerprint density at radius 1 is 0.468 bits per heavy atom. The maximum atomic E-state index is 13.2. The molecule has 17 atom stereocenters. The summed E-state index contributed by atoms with van der Waals surface area (Å²) in [6.07, 6.45) is 23.1. The number of hydrogen-bond donors (Lipinski definition) is 12. The highest BCUT2D eigenvalue weighted by atomic mass is 16.8. The Morgan fingerprint density at radius 2 is 0.873 bits per heavy atom. The van der Waals surface area contributed by atoms with Crippen LogP contribution in [0, 0.1) is 0 Å². The molecule has 0 aromatic rings. The minimum absolute atomic E-state index is 0.258. The smallest absolute Gasteiger partial charge is 0.220 e. The molecule has 17 unspecified atom stereocenters. The van der Waals surface area contributed by atoms with E-state index in [0.29, 0.717) is 19.3 Å². The molecular weight excluding hydrogens is 1020 g/mol. The topological polar surface area (TPSA) is 307 Å². The van der Waals surface area contributed by atoms with E-state index in [0.717, 1.165) is 64.2 Å². The number of carbonyl (C=O) groups excluding carboxylic acids is 1. The summed E-state index contributed by atoms with van der Waals surface area (Å²) in [6.45, 7) is 1.47. The molecule has 19 nitrogen and oxygen atoms in total. The van der Waals surface area contributed by atoms with E-state index in [9.17, 15) is 61.0 Å². The van der Waals surface area contributed by atoms with Gasteiger partial charge >= 0.3 is 0 Å². The minimum atomic E-state index is -1.97. The Labute approximate surface area is 471 Å². The molecule has 3 saturated heterocycles. The first-order valence-corrected chi connectivity index (χ1v) is 30.0. The van der Waals surface area contributed by atoms with Crippen LogP contribution in [0.5, 0.6) is 0 Å². The zero-order valence-electron chi connectivity index (χ0n) is 47.6. The molecule has 3 fully saturated rings. The molecule has 1 amide bonds. The Morgan fingerprint density at radius 3 is 1.34 bits per heavy atom. The van der Waals surface area contributed by atoms with Crippen LogP contribution in [0.25, 0.3) is 0 Å². The van der Waals surface area contributed by atoms with Crippen LogP contribution in [0.1, 0.15) is 181 Å². The van der Waals surface area contributed by atoms with Crippen LogP contribution in [0.15, 0.2) is 60.8 Å².